The maximum atomic E-state index is 11.3. The van der Waals surface area contributed by atoms with Crippen LogP contribution in [0.3, 0.4) is 0 Å². The Hall–Kier alpha value is -3.06. The number of aromatic nitrogens is 2. The van der Waals surface area contributed by atoms with E-state index in [1.807, 2.05) is 38.1 Å². The Balaban J connectivity index is 0.000000271. The summed E-state index contributed by atoms with van der Waals surface area (Å²) in [6.45, 7) is 11.1. The van der Waals surface area contributed by atoms with Gasteiger partial charge in [0, 0.05) is 35.0 Å². The first kappa shape index (κ1) is 37.8. The Kier molecular flexibility index (Phi) is 15.1. The fourth-order valence-electron chi connectivity index (χ4n) is 5.45. The lowest BCUT2D eigenvalue weighted by atomic mass is 9.95. The predicted octanol–water partition coefficient (Wildman–Crippen LogP) is 9.08. The van der Waals surface area contributed by atoms with Gasteiger partial charge < -0.3 is 28.2 Å². The van der Waals surface area contributed by atoms with Crippen molar-refractivity contribution in [3.63, 3.8) is 0 Å². The zero-order valence-corrected chi connectivity index (χ0v) is 31.0. The minimum Gasteiger partial charge on any atom is -0.479 e. The second kappa shape index (κ2) is 19.2. The fourth-order valence-corrected chi connectivity index (χ4v) is 6.05. The average molecular weight is 773 g/mol. The van der Waals surface area contributed by atoms with Gasteiger partial charge in [0.15, 0.2) is 6.10 Å². The molecule has 0 bridgehead atoms. The van der Waals surface area contributed by atoms with E-state index in [1.165, 1.54) is 11.1 Å². The molecule has 9 nitrogen and oxygen atoms in total. The number of nitrogens with zero attached hydrogens (tertiary/aromatic N) is 2. The number of hydrogen-bond acceptors (Lipinski definition) is 8. The highest BCUT2D eigenvalue weighted by molar-refractivity contribution is 14.1. The molecule has 1 fully saturated rings. The van der Waals surface area contributed by atoms with Crippen molar-refractivity contribution < 1.29 is 32.9 Å². The summed E-state index contributed by atoms with van der Waals surface area (Å²) in [6, 6.07) is 16.4. The highest BCUT2D eigenvalue weighted by Crippen LogP contribution is 2.28. The van der Waals surface area contributed by atoms with Crippen LogP contribution in [0.15, 0.2) is 57.4 Å². The van der Waals surface area contributed by atoms with E-state index in [-0.39, 0.29) is 18.8 Å². The number of hydrogen-bond donors (Lipinski definition) is 1. The molecule has 2 heterocycles. The Morgan fingerprint density at radius 3 is 1.85 bits per heavy atom. The van der Waals surface area contributed by atoms with E-state index < -0.39 is 12.1 Å². The number of halogens is 1. The summed E-state index contributed by atoms with van der Waals surface area (Å²) in [7, 11) is 0. The Morgan fingerprint density at radius 2 is 1.38 bits per heavy atom. The maximum absolute atomic E-state index is 11.3. The minimum atomic E-state index is -0.982. The van der Waals surface area contributed by atoms with Gasteiger partial charge >= 0.3 is 5.97 Å². The van der Waals surface area contributed by atoms with Gasteiger partial charge in [-0.2, -0.15) is 0 Å². The van der Waals surface area contributed by atoms with Crippen LogP contribution in [-0.2, 0) is 42.9 Å². The molecule has 2 aromatic heterocycles. The van der Waals surface area contributed by atoms with E-state index in [9.17, 15) is 9.90 Å². The standard InChI is InChI=1S/C25H35NO6.C13H14INO/c1-4-13-29-23(25(27)28)16-31-20-8-6-7-19(14-20)30-15-21-22(5-2)32-24(26-21)18-11-9-17(3)10-12-18;1-3-12-11(8-14)15-13(16-12)10-6-4-9(2)5-7-10/h9-12,19-20,23H,4-8,13-16H2,1-3H3,(H,27,28);4-7H,3,8H2,1-2H3/t19-,20+,23?;/m0./s1. The van der Waals surface area contributed by atoms with Crippen LogP contribution in [0.2, 0.25) is 0 Å². The maximum Gasteiger partial charge on any atom is 0.335 e. The zero-order chi connectivity index (χ0) is 34.5. The molecule has 10 heteroatoms. The van der Waals surface area contributed by atoms with Gasteiger partial charge in [-0.1, -0.05) is 78.8 Å². The van der Waals surface area contributed by atoms with E-state index in [0.29, 0.717) is 19.1 Å². The molecule has 2 aromatic carbocycles. The number of aryl methyl sites for hydroxylation is 4. The van der Waals surface area contributed by atoms with Crippen LogP contribution in [0.4, 0.5) is 0 Å². The predicted molar refractivity (Wildman–Crippen MR) is 194 cm³/mol. The Morgan fingerprint density at radius 1 is 0.854 bits per heavy atom. The monoisotopic (exact) mass is 772 g/mol. The smallest absolute Gasteiger partial charge is 0.335 e. The first-order valence-corrected chi connectivity index (χ1v) is 18.5. The quantitative estimate of drug-likeness (QED) is 0.0933. The molecule has 260 valence electrons. The van der Waals surface area contributed by atoms with Gasteiger partial charge in [-0.3, -0.25) is 0 Å². The number of alkyl halides is 1. The largest absolute Gasteiger partial charge is 0.479 e. The van der Waals surface area contributed by atoms with Gasteiger partial charge in [-0.25, -0.2) is 14.8 Å². The molecule has 0 saturated heterocycles. The summed E-state index contributed by atoms with van der Waals surface area (Å²) in [6.07, 6.45) is 5.13. The molecule has 1 aliphatic carbocycles. The molecule has 3 atom stereocenters. The van der Waals surface area contributed by atoms with Crippen LogP contribution in [0, 0.1) is 13.8 Å². The van der Waals surface area contributed by atoms with E-state index in [4.69, 9.17) is 23.0 Å². The molecule has 1 aliphatic rings. The molecular formula is C38H49IN2O7. The number of ether oxygens (including phenoxy) is 3. The zero-order valence-electron chi connectivity index (χ0n) is 28.8. The lowest BCUT2D eigenvalue weighted by molar-refractivity contribution is -0.157. The van der Waals surface area contributed by atoms with E-state index >= 15 is 0 Å². The summed E-state index contributed by atoms with van der Waals surface area (Å²) in [4.78, 5) is 20.6. The fraction of sp³-hybridized carbons (Fsp3) is 0.500. The minimum absolute atomic E-state index is 0.0214. The molecule has 4 aromatic rings. The molecule has 48 heavy (non-hydrogen) atoms. The number of carbonyl (C=O) groups is 1. The van der Waals surface area contributed by atoms with Crippen molar-refractivity contribution in [2.75, 3.05) is 13.2 Å². The van der Waals surface area contributed by atoms with Crippen LogP contribution >= 0.6 is 22.6 Å². The molecule has 0 spiro atoms. The third-order valence-corrected chi connectivity index (χ3v) is 8.96. The molecule has 5 rings (SSSR count). The number of carboxylic acids is 1. The summed E-state index contributed by atoms with van der Waals surface area (Å²) in [5.41, 5.74) is 6.36. The number of aliphatic carboxylic acids is 1. The summed E-state index contributed by atoms with van der Waals surface area (Å²) in [5, 5.41) is 9.29. The summed E-state index contributed by atoms with van der Waals surface area (Å²) >= 11 is 2.32. The van der Waals surface area contributed by atoms with Gasteiger partial charge in [0.1, 0.15) is 17.2 Å². The summed E-state index contributed by atoms with van der Waals surface area (Å²) in [5.74, 6) is 2.23. The van der Waals surface area contributed by atoms with Gasteiger partial charge in [-0.05, 0) is 70.2 Å². The lowest BCUT2D eigenvalue weighted by Gasteiger charge is -2.29. The number of carboxylic acid groups (broad SMARTS) is 1. The van der Waals surface area contributed by atoms with Crippen molar-refractivity contribution in [3.8, 4) is 22.9 Å². The third-order valence-electron chi connectivity index (χ3n) is 8.24. The number of oxazole rings is 2. The second-order valence-electron chi connectivity index (χ2n) is 12.1. The Bertz CT molecular complexity index is 1530. The molecule has 1 unspecified atom stereocenters. The van der Waals surface area contributed by atoms with Crippen molar-refractivity contribution in [2.45, 2.75) is 109 Å². The highest BCUT2D eigenvalue weighted by atomic mass is 127. The molecule has 0 radical (unpaired) electrons. The molecular weight excluding hydrogens is 723 g/mol. The third kappa shape index (κ3) is 11.0. The average Bonchev–Trinajstić information content (AvgIpc) is 3.72. The van der Waals surface area contributed by atoms with Crippen molar-refractivity contribution >= 4 is 28.6 Å². The van der Waals surface area contributed by atoms with Crippen LogP contribution in [-0.4, -0.2) is 52.6 Å². The van der Waals surface area contributed by atoms with E-state index in [0.717, 1.165) is 89.3 Å². The van der Waals surface area contributed by atoms with Crippen molar-refractivity contribution in [1.29, 1.82) is 0 Å². The Labute approximate surface area is 297 Å². The number of benzene rings is 2. The first-order chi connectivity index (χ1) is 23.2. The van der Waals surface area contributed by atoms with Crippen molar-refractivity contribution in [3.05, 3.63) is 82.6 Å². The van der Waals surface area contributed by atoms with Gasteiger partial charge in [0.05, 0.1) is 31.1 Å². The van der Waals surface area contributed by atoms with Gasteiger partial charge in [0.25, 0.3) is 0 Å². The SMILES string of the molecule is CCCOC(CO[C@@H]1CCC[C@H](OCc2nc(-c3ccc(C)cc3)oc2CC)C1)C(=O)O.CCc1oc(-c2ccc(C)cc2)nc1CI. The molecule has 1 N–H and O–H groups in total. The highest BCUT2D eigenvalue weighted by Gasteiger charge is 2.27. The molecule has 1 saturated carbocycles. The van der Waals surface area contributed by atoms with E-state index in [2.05, 4.69) is 77.6 Å². The van der Waals surface area contributed by atoms with E-state index in [1.54, 1.807) is 0 Å². The number of rotatable bonds is 15. The first-order valence-electron chi connectivity index (χ1n) is 17.0. The topological polar surface area (TPSA) is 117 Å². The summed E-state index contributed by atoms with van der Waals surface area (Å²) < 4.78 is 30.1. The van der Waals surface area contributed by atoms with Crippen LogP contribution in [0.25, 0.3) is 22.9 Å². The van der Waals surface area contributed by atoms with Crippen molar-refractivity contribution in [1.82, 2.24) is 9.97 Å². The second-order valence-corrected chi connectivity index (χ2v) is 12.9. The molecule has 0 aliphatic heterocycles. The van der Waals surface area contributed by atoms with Crippen LogP contribution in [0.1, 0.15) is 86.9 Å². The normalized spacial score (nSPS) is 16.7. The lowest BCUT2D eigenvalue weighted by Crippen LogP contribution is -2.34. The molecule has 0 amide bonds. The van der Waals surface area contributed by atoms with Crippen molar-refractivity contribution in [2.24, 2.45) is 0 Å². The van der Waals surface area contributed by atoms with Gasteiger partial charge in [0.2, 0.25) is 11.8 Å². The van der Waals surface area contributed by atoms with Gasteiger partial charge in [-0.15, -0.1) is 0 Å². The van der Waals surface area contributed by atoms with Crippen LogP contribution < -0.4 is 0 Å². The van der Waals surface area contributed by atoms with Crippen LogP contribution in [0.5, 0.6) is 0 Å².